The van der Waals surface area contributed by atoms with E-state index in [1.165, 1.54) is 0 Å². The first kappa shape index (κ1) is 21.4. The lowest BCUT2D eigenvalue weighted by Gasteiger charge is -2.37. The minimum absolute atomic E-state index is 0.0776. The molecule has 2 aromatic heterocycles. The summed E-state index contributed by atoms with van der Waals surface area (Å²) in [4.78, 5) is 31.2. The van der Waals surface area contributed by atoms with Gasteiger partial charge in [-0.2, -0.15) is 0 Å². The normalized spacial score (nSPS) is 19.5. The van der Waals surface area contributed by atoms with E-state index < -0.39 is 15.2 Å². The number of benzene rings is 1. The number of pyridine rings is 2. The third kappa shape index (κ3) is 3.07. The fraction of sp³-hybridized carbons (Fsp3) is 0.375. The molecule has 32 heavy (non-hydrogen) atoms. The van der Waals surface area contributed by atoms with Crippen LogP contribution in [0.4, 0.5) is 0 Å². The molecule has 0 amide bonds. The molecule has 1 aromatic carbocycles. The van der Waals surface area contributed by atoms with E-state index in [1.807, 2.05) is 49.4 Å². The van der Waals surface area contributed by atoms with Gasteiger partial charge in [0.05, 0.1) is 34.6 Å². The lowest BCUT2D eigenvalue weighted by atomic mass is 9.97. The van der Waals surface area contributed by atoms with Crippen LogP contribution in [0.25, 0.3) is 22.3 Å². The Morgan fingerprint density at radius 1 is 1.25 bits per heavy atom. The maximum Gasteiger partial charge on any atom is 0.354 e. The smallest absolute Gasteiger partial charge is 0.354 e. The second kappa shape index (κ2) is 7.02. The number of alkyl halides is 1. The molecule has 4 heterocycles. The standard InChI is InChI=1S/C24H23IN2O5/c1-5-13-14-8-12(28)6-7-18(14)26-20-15(13)10-27-19(20)9-17-16(21(27)29)11-31-22(30)24(17,25)32-23(2,3)4/h6-9,28H,5,10-11H2,1-4H3/t24-/m0/s1. The zero-order valence-corrected chi connectivity index (χ0v) is 20.4. The van der Waals surface area contributed by atoms with E-state index in [1.54, 1.807) is 22.8 Å². The van der Waals surface area contributed by atoms with Crippen molar-refractivity contribution in [1.82, 2.24) is 9.55 Å². The number of hydrogen-bond donors (Lipinski definition) is 1. The lowest BCUT2D eigenvalue weighted by Crippen LogP contribution is -2.46. The topological polar surface area (TPSA) is 90.7 Å². The highest BCUT2D eigenvalue weighted by atomic mass is 127. The molecule has 1 N–H and O–H groups in total. The zero-order valence-electron chi connectivity index (χ0n) is 18.3. The Morgan fingerprint density at radius 3 is 2.69 bits per heavy atom. The van der Waals surface area contributed by atoms with Gasteiger partial charge < -0.3 is 19.1 Å². The Bertz CT molecular complexity index is 1370. The zero-order chi connectivity index (χ0) is 23.0. The highest BCUT2D eigenvalue weighted by Gasteiger charge is 2.49. The summed E-state index contributed by atoms with van der Waals surface area (Å²) in [5, 5.41) is 10.9. The molecule has 7 nitrogen and oxygen atoms in total. The van der Waals surface area contributed by atoms with Gasteiger partial charge in [0.15, 0.2) is 0 Å². The summed E-state index contributed by atoms with van der Waals surface area (Å²) in [6, 6.07) is 6.97. The lowest BCUT2D eigenvalue weighted by molar-refractivity contribution is -0.175. The van der Waals surface area contributed by atoms with Crippen molar-refractivity contribution in [2.24, 2.45) is 0 Å². The average Bonchev–Trinajstić information content (AvgIpc) is 3.07. The van der Waals surface area contributed by atoms with Gasteiger partial charge in [-0.3, -0.25) is 4.79 Å². The van der Waals surface area contributed by atoms with Crippen molar-refractivity contribution in [3.63, 3.8) is 0 Å². The van der Waals surface area contributed by atoms with Crippen molar-refractivity contribution in [3.05, 3.63) is 56.9 Å². The second-order valence-corrected chi connectivity index (χ2v) is 10.7. The summed E-state index contributed by atoms with van der Waals surface area (Å²) in [5.74, 6) is -0.332. The Balaban J connectivity index is 1.79. The van der Waals surface area contributed by atoms with Gasteiger partial charge in [-0.05, 0) is 79.6 Å². The number of rotatable bonds is 2. The molecule has 5 rings (SSSR count). The summed E-state index contributed by atoms with van der Waals surface area (Å²) in [5.41, 5.74) is 4.30. The highest BCUT2D eigenvalue weighted by Crippen LogP contribution is 2.45. The molecular formula is C24H23IN2O5. The Hall–Kier alpha value is -2.46. The molecule has 0 spiro atoms. The number of aryl methyl sites for hydroxylation is 1. The van der Waals surface area contributed by atoms with E-state index >= 15 is 0 Å². The fourth-order valence-corrected chi connectivity index (χ4v) is 5.93. The molecule has 2 aliphatic heterocycles. The summed E-state index contributed by atoms with van der Waals surface area (Å²) in [6.07, 6.45) is 0.734. The van der Waals surface area contributed by atoms with Gasteiger partial charge >= 0.3 is 5.97 Å². The molecule has 0 saturated heterocycles. The quantitative estimate of drug-likeness (QED) is 0.231. The van der Waals surface area contributed by atoms with E-state index in [4.69, 9.17) is 14.5 Å². The van der Waals surface area contributed by atoms with E-state index in [2.05, 4.69) is 6.92 Å². The fourth-order valence-electron chi connectivity index (χ4n) is 4.63. The monoisotopic (exact) mass is 546 g/mol. The third-order valence-corrected chi connectivity index (χ3v) is 7.15. The van der Waals surface area contributed by atoms with Crippen molar-refractivity contribution in [2.45, 2.75) is 56.5 Å². The van der Waals surface area contributed by atoms with Crippen LogP contribution >= 0.6 is 22.6 Å². The number of phenolic OH excluding ortho intramolecular Hbond substituents is 1. The molecule has 166 valence electrons. The Morgan fingerprint density at radius 2 is 2.00 bits per heavy atom. The number of carbonyl (C=O) groups excluding carboxylic acids is 1. The number of nitrogens with zero attached hydrogens (tertiary/aromatic N) is 2. The number of aromatic hydroxyl groups is 1. The van der Waals surface area contributed by atoms with Crippen LogP contribution in [0, 0.1) is 0 Å². The van der Waals surface area contributed by atoms with Crippen molar-refractivity contribution in [2.75, 3.05) is 0 Å². The minimum Gasteiger partial charge on any atom is -0.508 e. The molecule has 0 unspecified atom stereocenters. The predicted molar refractivity (Wildman–Crippen MR) is 128 cm³/mol. The number of esters is 1. The molecule has 0 bridgehead atoms. The molecule has 2 aliphatic rings. The number of halogens is 1. The average molecular weight is 546 g/mol. The number of aromatic nitrogens is 2. The van der Waals surface area contributed by atoms with Crippen LogP contribution in [0.5, 0.6) is 5.75 Å². The Labute approximate surface area is 198 Å². The number of carbonyl (C=O) groups is 1. The molecule has 0 saturated carbocycles. The Kier molecular flexibility index (Phi) is 4.69. The van der Waals surface area contributed by atoms with Gasteiger partial charge in [0.2, 0.25) is 3.61 Å². The van der Waals surface area contributed by atoms with Gasteiger partial charge in [-0.15, -0.1) is 0 Å². The van der Waals surface area contributed by atoms with E-state index in [0.29, 0.717) is 23.4 Å². The highest BCUT2D eigenvalue weighted by molar-refractivity contribution is 14.1. The molecule has 1 atom stereocenters. The summed E-state index contributed by atoms with van der Waals surface area (Å²) in [6.45, 7) is 7.95. The van der Waals surface area contributed by atoms with Crippen LogP contribution < -0.4 is 5.56 Å². The first-order valence-electron chi connectivity index (χ1n) is 10.5. The molecule has 0 aliphatic carbocycles. The first-order chi connectivity index (χ1) is 15.0. The molecular weight excluding hydrogens is 523 g/mol. The second-order valence-electron chi connectivity index (χ2n) is 9.17. The van der Waals surface area contributed by atoms with Crippen LogP contribution in [0.2, 0.25) is 0 Å². The molecule has 3 aromatic rings. The first-order valence-corrected chi connectivity index (χ1v) is 11.6. The van der Waals surface area contributed by atoms with Gasteiger partial charge in [-0.1, -0.05) is 6.92 Å². The largest absolute Gasteiger partial charge is 0.508 e. The maximum absolute atomic E-state index is 13.5. The summed E-state index contributed by atoms with van der Waals surface area (Å²) in [7, 11) is 0. The van der Waals surface area contributed by atoms with Crippen molar-refractivity contribution in [1.29, 1.82) is 0 Å². The molecule has 0 radical (unpaired) electrons. The van der Waals surface area contributed by atoms with Crippen LogP contribution in [0.1, 0.15) is 49.9 Å². The van der Waals surface area contributed by atoms with Crippen molar-refractivity contribution < 1.29 is 19.4 Å². The van der Waals surface area contributed by atoms with Gasteiger partial charge in [0.25, 0.3) is 5.56 Å². The van der Waals surface area contributed by atoms with E-state index in [9.17, 15) is 14.7 Å². The van der Waals surface area contributed by atoms with Crippen molar-refractivity contribution >= 4 is 39.5 Å². The summed E-state index contributed by atoms with van der Waals surface area (Å²) < 4.78 is 11.8. The number of ether oxygens (including phenoxy) is 2. The predicted octanol–water partition coefficient (Wildman–Crippen LogP) is 4.15. The van der Waals surface area contributed by atoms with Crippen LogP contribution in [-0.2, 0) is 37.4 Å². The summed E-state index contributed by atoms with van der Waals surface area (Å²) >= 11 is 1.95. The van der Waals surface area contributed by atoms with E-state index in [-0.39, 0.29) is 17.9 Å². The maximum atomic E-state index is 13.5. The third-order valence-electron chi connectivity index (χ3n) is 5.90. The van der Waals surface area contributed by atoms with Crippen LogP contribution in [-0.4, -0.2) is 26.2 Å². The van der Waals surface area contributed by atoms with Crippen molar-refractivity contribution in [3.8, 4) is 17.1 Å². The van der Waals surface area contributed by atoms with Gasteiger partial charge in [-0.25, -0.2) is 9.78 Å². The van der Waals surface area contributed by atoms with Crippen LogP contribution in [0.3, 0.4) is 0 Å². The number of fused-ring (bicyclic) bond motifs is 5. The van der Waals surface area contributed by atoms with E-state index in [0.717, 1.165) is 34.1 Å². The van der Waals surface area contributed by atoms with Crippen LogP contribution in [0.15, 0.2) is 29.1 Å². The van der Waals surface area contributed by atoms with Gasteiger partial charge in [0.1, 0.15) is 12.4 Å². The SMILES string of the molecule is CCc1c2c(nc3ccc(O)cc13)-c1cc3c(c(=O)n1C2)COC(=O)[C@@]3(I)OC(C)(C)C. The molecule has 0 fully saturated rings. The molecule has 8 heteroatoms. The number of hydrogen-bond acceptors (Lipinski definition) is 6. The van der Waals surface area contributed by atoms with Gasteiger partial charge in [0, 0.05) is 16.5 Å². The minimum atomic E-state index is -1.42. The number of phenols is 1. The number of cyclic esters (lactones) is 1.